The van der Waals surface area contributed by atoms with E-state index in [4.69, 9.17) is 0 Å². The summed E-state index contributed by atoms with van der Waals surface area (Å²) in [5.74, 6) is 0.255. The quantitative estimate of drug-likeness (QED) is 0.897. The predicted molar refractivity (Wildman–Crippen MR) is 62.0 cm³/mol. The van der Waals surface area contributed by atoms with Crippen LogP contribution in [-0.4, -0.2) is 26.6 Å². The normalized spacial score (nSPS) is 11.2. The van der Waals surface area contributed by atoms with Crippen molar-refractivity contribution in [3.63, 3.8) is 0 Å². The van der Waals surface area contributed by atoms with E-state index in [1.54, 1.807) is 31.2 Å². The highest BCUT2D eigenvalue weighted by Gasteiger charge is 2.17. The topological polar surface area (TPSA) is 55.6 Å². The average Bonchev–Trinajstić information content (AvgIpc) is 2.76. The van der Waals surface area contributed by atoms with Crippen LogP contribution >= 0.6 is 0 Å². The van der Waals surface area contributed by atoms with E-state index in [2.05, 4.69) is 20.3 Å². The summed E-state index contributed by atoms with van der Waals surface area (Å²) >= 11 is 0. The molecule has 2 aromatic heterocycles. The molecule has 2 rings (SSSR count). The first-order valence-corrected chi connectivity index (χ1v) is 5.38. The second-order valence-corrected chi connectivity index (χ2v) is 3.82. The van der Waals surface area contributed by atoms with E-state index in [-0.39, 0.29) is 11.5 Å². The molecule has 0 aliphatic heterocycles. The maximum atomic E-state index is 12.9. The molecule has 0 bridgehead atoms. The zero-order valence-corrected chi connectivity index (χ0v) is 10.1. The van der Waals surface area contributed by atoms with Crippen molar-refractivity contribution in [1.29, 1.82) is 0 Å². The first-order valence-electron chi connectivity index (χ1n) is 5.38. The van der Waals surface area contributed by atoms with Crippen LogP contribution in [0.1, 0.15) is 17.7 Å². The van der Waals surface area contributed by atoms with Gasteiger partial charge in [0.1, 0.15) is 11.4 Å². The number of hydrogen-bond donors (Lipinski definition) is 1. The van der Waals surface area contributed by atoms with Crippen LogP contribution in [0.2, 0.25) is 0 Å². The highest BCUT2D eigenvalue weighted by Crippen LogP contribution is 2.23. The Morgan fingerprint density at radius 2 is 2.17 bits per heavy atom. The summed E-state index contributed by atoms with van der Waals surface area (Å²) in [6, 6.07) is 0. The minimum Gasteiger partial charge on any atom is -0.331 e. The van der Waals surface area contributed by atoms with Gasteiger partial charge in [0.2, 0.25) is 0 Å². The molecule has 96 valence electrons. The molecule has 0 aromatic carbocycles. The molecule has 0 unspecified atom stereocenters. The standard InChI is InChI=1S/C11H13F2N5/c1-14-3-7-4-16-11(17-9(7)10(12)13)8-5-15-6-18(8)2/h4-6,10,14H,3H2,1-2H3. The lowest BCUT2D eigenvalue weighted by Gasteiger charge is -2.09. The molecule has 0 saturated heterocycles. The van der Waals surface area contributed by atoms with Crippen molar-refractivity contribution < 1.29 is 8.78 Å². The van der Waals surface area contributed by atoms with E-state index in [0.717, 1.165) is 0 Å². The average molecular weight is 253 g/mol. The van der Waals surface area contributed by atoms with Crippen LogP contribution in [0.15, 0.2) is 18.7 Å². The minimum atomic E-state index is -2.62. The molecular formula is C11H13F2N5. The van der Waals surface area contributed by atoms with Crippen LogP contribution in [0.3, 0.4) is 0 Å². The fourth-order valence-electron chi connectivity index (χ4n) is 1.63. The number of nitrogens with one attached hydrogen (secondary N) is 1. The van der Waals surface area contributed by atoms with Crippen molar-refractivity contribution in [2.75, 3.05) is 7.05 Å². The third-order valence-electron chi connectivity index (χ3n) is 2.52. The van der Waals surface area contributed by atoms with E-state index in [9.17, 15) is 8.78 Å². The molecule has 0 radical (unpaired) electrons. The molecule has 0 saturated carbocycles. The fourth-order valence-corrected chi connectivity index (χ4v) is 1.63. The zero-order valence-electron chi connectivity index (χ0n) is 10.1. The van der Waals surface area contributed by atoms with Gasteiger partial charge in [0, 0.05) is 25.4 Å². The molecule has 2 aromatic rings. The number of rotatable bonds is 4. The SMILES string of the molecule is CNCc1cnc(-c2cncn2C)nc1C(F)F. The van der Waals surface area contributed by atoms with Gasteiger partial charge in [-0.1, -0.05) is 0 Å². The van der Waals surface area contributed by atoms with Crippen LogP contribution in [0.5, 0.6) is 0 Å². The number of aromatic nitrogens is 4. The summed E-state index contributed by atoms with van der Waals surface area (Å²) in [4.78, 5) is 11.9. The van der Waals surface area contributed by atoms with Gasteiger partial charge in [0.05, 0.1) is 12.5 Å². The van der Waals surface area contributed by atoms with Crippen molar-refractivity contribution in [3.05, 3.63) is 30.0 Å². The molecule has 0 aliphatic rings. The number of hydrogen-bond acceptors (Lipinski definition) is 4. The summed E-state index contributed by atoms with van der Waals surface area (Å²) in [5.41, 5.74) is 0.766. The number of alkyl halides is 2. The molecule has 0 atom stereocenters. The van der Waals surface area contributed by atoms with Gasteiger partial charge in [-0.3, -0.25) is 0 Å². The molecule has 2 heterocycles. The molecule has 0 amide bonds. The highest BCUT2D eigenvalue weighted by molar-refractivity contribution is 5.48. The molecule has 0 fully saturated rings. The maximum absolute atomic E-state index is 12.9. The van der Waals surface area contributed by atoms with Crippen molar-refractivity contribution in [2.24, 2.45) is 7.05 Å². The molecule has 1 N–H and O–H groups in total. The Morgan fingerprint density at radius 3 is 2.72 bits per heavy atom. The highest BCUT2D eigenvalue weighted by atomic mass is 19.3. The summed E-state index contributed by atoms with van der Waals surface area (Å²) in [7, 11) is 3.44. The molecule has 0 spiro atoms. The van der Waals surface area contributed by atoms with Crippen molar-refractivity contribution >= 4 is 0 Å². The summed E-state index contributed by atoms with van der Waals surface area (Å²) in [6.45, 7) is 0.311. The van der Waals surface area contributed by atoms with Crippen molar-refractivity contribution in [2.45, 2.75) is 13.0 Å². The Labute approximate surface area is 103 Å². The van der Waals surface area contributed by atoms with Gasteiger partial charge in [0.25, 0.3) is 6.43 Å². The Kier molecular flexibility index (Phi) is 3.61. The number of imidazole rings is 1. The van der Waals surface area contributed by atoms with Crippen molar-refractivity contribution in [1.82, 2.24) is 24.8 Å². The largest absolute Gasteiger partial charge is 0.331 e. The monoisotopic (exact) mass is 253 g/mol. The first-order chi connectivity index (χ1) is 8.63. The smallest absolute Gasteiger partial charge is 0.280 e. The third kappa shape index (κ3) is 2.35. The molecule has 18 heavy (non-hydrogen) atoms. The van der Waals surface area contributed by atoms with E-state index in [1.807, 2.05) is 0 Å². The molecule has 0 aliphatic carbocycles. The maximum Gasteiger partial charge on any atom is 0.280 e. The second kappa shape index (κ2) is 5.18. The predicted octanol–water partition coefficient (Wildman–Crippen LogP) is 1.53. The Morgan fingerprint density at radius 1 is 1.39 bits per heavy atom. The lowest BCUT2D eigenvalue weighted by atomic mass is 10.2. The number of aryl methyl sites for hydroxylation is 1. The van der Waals surface area contributed by atoms with Crippen LogP contribution in [0, 0.1) is 0 Å². The first kappa shape index (κ1) is 12.6. The molecule has 7 heteroatoms. The Balaban J connectivity index is 2.46. The summed E-state index contributed by atoms with van der Waals surface area (Å²) in [5, 5.41) is 2.81. The van der Waals surface area contributed by atoms with Crippen LogP contribution in [0.4, 0.5) is 8.78 Å². The van der Waals surface area contributed by atoms with Crippen molar-refractivity contribution in [3.8, 4) is 11.5 Å². The van der Waals surface area contributed by atoms with Gasteiger partial charge >= 0.3 is 0 Å². The van der Waals surface area contributed by atoms with E-state index < -0.39 is 6.43 Å². The molecule has 5 nitrogen and oxygen atoms in total. The molecular weight excluding hydrogens is 240 g/mol. The second-order valence-electron chi connectivity index (χ2n) is 3.82. The number of halogens is 2. The van der Waals surface area contributed by atoms with Gasteiger partial charge in [-0.25, -0.2) is 23.7 Å². The zero-order chi connectivity index (χ0) is 13.1. The summed E-state index contributed by atoms with van der Waals surface area (Å²) < 4.78 is 27.5. The minimum absolute atomic E-state index is 0.240. The van der Waals surface area contributed by atoms with E-state index in [1.165, 1.54) is 6.20 Å². The fraction of sp³-hybridized carbons (Fsp3) is 0.364. The van der Waals surface area contributed by atoms with Crippen LogP contribution in [-0.2, 0) is 13.6 Å². The third-order valence-corrected chi connectivity index (χ3v) is 2.52. The Bertz CT molecular complexity index is 538. The lowest BCUT2D eigenvalue weighted by Crippen LogP contribution is -2.11. The van der Waals surface area contributed by atoms with E-state index in [0.29, 0.717) is 17.8 Å². The van der Waals surface area contributed by atoms with Crippen LogP contribution in [0.25, 0.3) is 11.5 Å². The summed E-state index contributed by atoms with van der Waals surface area (Å²) in [6.07, 6.45) is 1.92. The van der Waals surface area contributed by atoms with Gasteiger partial charge < -0.3 is 9.88 Å². The van der Waals surface area contributed by atoms with Gasteiger partial charge in [-0.15, -0.1) is 0 Å². The van der Waals surface area contributed by atoms with Crippen LogP contribution < -0.4 is 5.32 Å². The van der Waals surface area contributed by atoms with E-state index >= 15 is 0 Å². The van der Waals surface area contributed by atoms with Gasteiger partial charge in [0.15, 0.2) is 5.82 Å². The number of nitrogens with zero attached hydrogens (tertiary/aromatic N) is 4. The Hall–Kier alpha value is -1.89. The van der Waals surface area contributed by atoms with Gasteiger partial charge in [-0.2, -0.15) is 0 Å². The lowest BCUT2D eigenvalue weighted by molar-refractivity contribution is 0.144. The van der Waals surface area contributed by atoms with Gasteiger partial charge in [-0.05, 0) is 7.05 Å².